The van der Waals surface area contributed by atoms with E-state index >= 15 is 0 Å². The van der Waals surface area contributed by atoms with E-state index in [-0.39, 0.29) is 17.6 Å². The first-order valence-electron chi connectivity index (χ1n) is 11.6. The second-order valence-corrected chi connectivity index (χ2v) is 10.1. The maximum Gasteiger partial charge on any atom is 0.255 e. The summed E-state index contributed by atoms with van der Waals surface area (Å²) in [5.41, 5.74) is 4.36. The Balaban J connectivity index is 1.37. The van der Waals surface area contributed by atoms with E-state index in [9.17, 15) is 14.9 Å². The van der Waals surface area contributed by atoms with E-state index < -0.39 is 0 Å². The number of carbonyl (C=O) groups is 2. The average Bonchev–Trinajstić information content (AvgIpc) is 3.34. The summed E-state index contributed by atoms with van der Waals surface area (Å²) in [5, 5.41) is 17.9. The van der Waals surface area contributed by atoms with Crippen LogP contribution in [0.1, 0.15) is 21.5 Å². The zero-order valence-corrected chi connectivity index (χ0v) is 22.7. The lowest BCUT2D eigenvalue weighted by atomic mass is 10.0. The van der Waals surface area contributed by atoms with E-state index in [0.29, 0.717) is 33.3 Å². The van der Waals surface area contributed by atoms with Crippen LogP contribution in [0.4, 0.5) is 10.7 Å². The van der Waals surface area contributed by atoms with Crippen LogP contribution in [0.25, 0.3) is 11.1 Å². The predicted octanol–water partition coefficient (Wildman–Crippen LogP) is 6.60. The fourth-order valence-corrected chi connectivity index (χ4v) is 5.35. The number of benzene rings is 3. The lowest BCUT2D eigenvalue weighted by Crippen LogP contribution is -2.14. The van der Waals surface area contributed by atoms with Gasteiger partial charge in [0.15, 0.2) is 11.5 Å². The number of rotatable bonds is 9. The number of nitriles is 1. The first kappa shape index (κ1) is 26.8. The number of carbonyl (C=O) groups excluding carboxylic acids is 2. The highest BCUT2D eigenvalue weighted by Gasteiger charge is 2.16. The summed E-state index contributed by atoms with van der Waals surface area (Å²) in [4.78, 5) is 26.2. The van der Waals surface area contributed by atoms with Crippen molar-refractivity contribution in [3.8, 4) is 28.7 Å². The summed E-state index contributed by atoms with van der Waals surface area (Å²) in [7, 11) is 3.05. The van der Waals surface area contributed by atoms with Gasteiger partial charge >= 0.3 is 0 Å². The van der Waals surface area contributed by atoms with Crippen molar-refractivity contribution in [1.29, 1.82) is 5.26 Å². The van der Waals surface area contributed by atoms with Crippen molar-refractivity contribution < 1.29 is 19.1 Å². The molecule has 192 valence electrons. The molecule has 0 aliphatic heterocycles. The maximum absolute atomic E-state index is 12.7. The highest BCUT2D eigenvalue weighted by molar-refractivity contribution is 8.00. The topological polar surface area (TPSA) is 100 Å². The number of hydrogen-bond acceptors (Lipinski definition) is 7. The number of amides is 2. The van der Waals surface area contributed by atoms with E-state index in [2.05, 4.69) is 16.7 Å². The molecule has 7 nitrogen and oxygen atoms in total. The summed E-state index contributed by atoms with van der Waals surface area (Å²) in [5.74, 6) is 0.638. The quantitative estimate of drug-likeness (QED) is 0.231. The Morgan fingerprint density at radius 2 is 1.74 bits per heavy atom. The molecule has 1 heterocycles. The van der Waals surface area contributed by atoms with Crippen LogP contribution < -0.4 is 20.1 Å². The number of nitrogens with one attached hydrogen (secondary N) is 2. The van der Waals surface area contributed by atoms with Crippen molar-refractivity contribution in [3.05, 3.63) is 88.8 Å². The van der Waals surface area contributed by atoms with Crippen molar-refractivity contribution in [2.24, 2.45) is 0 Å². The van der Waals surface area contributed by atoms with Crippen LogP contribution in [-0.4, -0.2) is 31.8 Å². The second-order valence-electron chi connectivity index (χ2n) is 8.22. The molecule has 9 heteroatoms. The van der Waals surface area contributed by atoms with Crippen molar-refractivity contribution >= 4 is 45.6 Å². The number of hydrogen-bond donors (Lipinski definition) is 2. The minimum Gasteiger partial charge on any atom is -0.493 e. The lowest BCUT2D eigenvalue weighted by molar-refractivity contribution is -0.113. The number of methoxy groups -OCH3 is 2. The molecule has 38 heavy (non-hydrogen) atoms. The third-order valence-electron chi connectivity index (χ3n) is 5.63. The molecule has 4 aromatic rings. The van der Waals surface area contributed by atoms with Gasteiger partial charge in [-0.05, 0) is 48.9 Å². The molecule has 0 saturated heterocycles. The van der Waals surface area contributed by atoms with Gasteiger partial charge in [0.05, 0.1) is 25.5 Å². The molecule has 0 unspecified atom stereocenters. The molecule has 1 aromatic heterocycles. The molecular weight excluding hydrogens is 518 g/mol. The van der Waals surface area contributed by atoms with E-state index in [1.807, 2.05) is 48.7 Å². The molecule has 0 fully saturated rings. The van der Waals surface area contributed by atoms with Crippen molar-refractivity contribution in [3.63, 3.8) is 0 Å². The Morgan fingerprint density at radius 1 is 0.974 bits per heavy atom. The van der Waals surface area contributed by atoms with Gasteiger partial charge in [0.2, 0.25) is 5.91 Å². The number of aryl methyl sites for hydroxylation is 1. The number of thioether (sulfide) groups is 1. The van der Waals surface area contributed by atoms with Crippen LogP contribution in [0.5, 0.6) is 11.5 Å². The molecule has 3 aromatic carbocycles. The Kier molecular flexibility index (Phi) is 8.69. The van der Waals surface area contributed by atoms with Crippen molar-refractivity contribution in [2.75, 3.05) is 30.6 Å². The van der Waals surface area contributed by atoms with Crippen LogP contribution in [-0.2, 0) is 4.79 Å². The molecule has 0 saturated carbocycles. The maximum atomic E-state index is 12.7. The van der Waals surface area contributed by atoms with Crippen LogP contribution in [0.3, 0.4) is 0 Å². The first-order chi connectivity index (χ1) is 18.4. The summed E-state index contributed by atoms with van der Waals surface area (Å²) in [6.07, 6.45) is 0. The highest BCUT2D eigenvalue weighted by Crippen LogP contribution is 2.35. The van der Waals surface area contributed by atoms with E-state index in [0.717, 1.165) is 21.6 Å². The van der Waals surface area contributed by atoms with Gasteiger partial charge in [0.1, 0.15) is 11.1 Å². The molecular formula is C29H25N3O4S2. The van der Waals surface area contributed by atoms with Crippen LogP contribution in [0, 0.1) is 18.3 Å². The SMILES string of the molecule is COc1ccc(C(=O)Nc2cccc(SCC(=O)Nc3scc(-c4ccc(C)cc4)c3C#N)c2)cc1OC. The third kappa shape index (κ3) is 6.35. The molecule has 4 rings (SSSR count). The van der Waals surface area contributed by atoms with Gasteiger partial charge in [-0.25, -0.2) is 0 Å². The smallest absolute Gasteiger partial charge is 0.255 e. The van der Waals surface area contributed by atoms with Gasteiger partial charge in [0.25, 0.3) is 5.91 Å². The predicted molar refractivity (Wildman–Crippen MR) is 153 cm³/mol. The van der Waals surface area contributed by atoms with Crippen molar-refractivity contribution in [1.82, 2.24) is 0 Å². The van der Waals surface area contributed by atoms with Gasteiger partial charge in [-0.3, -0.25) is 9.59 Å². The number of anilines is 2. The molecule has 0 radical (unpaired) electrons. The summed E-state index contributed by atoms with van der Waals surface area (Å²) >= 11 is 2.67. The molecule has 2 amide bonds. The van der Waals surface area contributed by atoms with Gasteiger partial charge in [-0.1, -0.05) is 35.9 Å². The highest BCUT2D eigenvalue weighted by atomic mass is 32.2. The largest absolute Gasteiger partial charge is 0.493 e. The van der Waals surface area contributed by atoms with E-state index in [1.54, 1.807) is 30.3 Å². The summed E-state index contributed by atoms with van der Waals surface area (Å²) < 4.78 is 10.5. The van der Waals surface area contributed by atoms with E-state index in [4.69, 9.17) is 9.47 Å². The van der Waals surface area contributed by atoms with Gasteiger partial charge < -0.3 is 20.1 Å². The minimum absolute atomic E-state index is 0.149. The van der Waals surface area contributed by atoms with Crippen LogP contribution >= 0.6 is 23.1 Å². The van der Waals surface area contributed by atoms with Crippen LogP contribution in [0.2, 0.25) is 0 Å². The number of nitrogens with zero attached hydrogens (tertiary/aromatic N) is 1. The molecule has 0 bridgehead atoms. The molecule has 0 spiro atoms. The summed E-state index contributed by atoms with van der Waals surface area (Å²) in [6.45, 7) is 2.01. The number of ether oxygens (including phenoxy) is 2. The number of thiophene rings is 1. The average molecular weight is 544 g/mol. The normalized spacial score (nSPS) is 10.4. The fraction of sp³-hybridized carbons (Fsp3) is 0.138. The Labute approximate surface area is 229 Å². The third-order valence-corrected chi connectivity index (χ3v) is 7.52. The van der Waals surface area contributed by atoms with Gasteiger partial charge in [-0.15, -0.1) is 23.1 Å². The van der Waals surface area contributed by atoms with E-state index in [1.165, 1.54) is 37.3 Å². The standard InChI is InChI=1S/C29H25N3O4S2/c1-18-7-9-19(10-8-18)24-16-38-29(23(24)15-30)32-27(33)17-37-22-6-4-5-21(14-22)31-28(34)20-11-12-25(35-2)26(13-20)36-3/h4-14,16H,17H2,1-3H3,(H,31,34)(H,32,33). The monoisotopic (exact) mass is 543 g/mol. The molecule has 0 aliphatic carbocycles. The Morgan fingerprint density at radius 3 is 2.45 bits per heavy atom. The Bertz CT molecular complexity index is 1510. The lowest BCUT2D eigenvalue weighted by Gasteiger charge is -2.11. The van der Waals surface area contributed by atoms with Crippen LogP contribution in [0.15, 0.2) is 77.0 Å². The molecule has 2 N–H and O–H groups in total. The zero-order valence-electron chi connectivity index (χ0n) is 21.0. The van der Waals surface area contributed by atoms with Gasteiger partial charge in [0, 0.05) is 27.1 Å². The summed E-state index contributed by atoms with van der Waals surface area (Å²) in [6, 6.07) is 22.3. The second kappa shape index (κ2) is 12.3. The fourth-order valence-electron chi connectivity index (χ4n) is 3.66. The molecule has 0 aliphatic rings. The van der Waals surface area contributed by atoms with Gasteiger partial charge in [-0.2, -0.15) is 5.26 Å². The molecule has 0 atom stereocenters. The first-order valence-corrected chi connectivity index (χ1v) is 13.4. The minimum atomic E-state index is -0.294. The zero-order chi connectivity index (χ0) is 27.1. The Hall–Kier alpha value is -4.26. The van der Waals surface area contributed by atoms with Crippen molar-refractivity contribution in [2.45, 2.75) is 11.8 Å².